The summed E-state index contributed by atoms with van der Waals surface area (Å²) in [6.07, 6.45) is 3.55. The number of hydrogen-bond donors (Lipinski definition) is 3. The molecule has 6 nitrogen and oxygen atoms in total. The molecule has 0 bridgehead atoms. The number of fused-ring (bicyclic) bond motifs is 1. The van der Waals surface area contributed by atoms with Crippen molar-refractivity contribution in [1.29, 1.82) is 0 Å². The van der Waals surface area contributed by atoms with Crippen molar-refractivity contribution in [2.24, 2.45) is 5.73 Å². The van der Waals surface area contributed by atoms with Crippen molar-refractivity contribution in [2.45, 2.75) is 50.0 Å². The van der Waals surface area contributed by atoms with Crippen LogP contribution in [0.2, 0.25) is 0 Å². The van der Waals surface area contributed by atoms with E-state index in [1.807, 2.05) is 30.3 Å². The molecule has 2 aliphatic carbocycles. The number of nitrogens with one attached hydrogen (secondary N) is 1. The van der Waals surface area contributed by atoms with Crippen molar-refractivity contribution >= 4 is 33.9 Å². The van der Waals surface area contributed by atoms with E-state index in [-0.39, 0.29) is 24.2 Å². The second-order valence-electron chi connectivity index (χ2n) is 7.64. The molecule has 2 aromatic rings. The number of hydrogen-bond acceptors (Lipinski definition) is 5. The number of anilines is 1. The Morgan fingerprint density at radius 2 is 1.93 bits per heavy atom. The molecule has 0 saturated heterocycles. The molecule has 1 fully saturated rings. The lowest BCUT2D eigenvalue weighted by Gasteiger charge is -2.36. The molecule has 1 aromatic heterocycles. The molecule has 1 heterocycles. The Balaban J connectivity index is 1.74. The summed E-state index contributed by atoms with van der Waals surface area (Å²) in [4.78, 5) is 38.3. The van der Waals surface area contributed by atoms with Gasteiger partial charge in [0.2, 0.25) is 5.91 Å². The molecular formula is C21H23N3O3S. The van der Waals surface area contributed by atoms with Gasteiger partial charge in [-0.3, -0.25) is 14.4 Å². The number of Topliss-reactive ketones (excluding diaryl/α,β-unsaturated/α-hetero) is 1. The number of nitrogen functional groups attached to an aromatic ring is 1. The van der Waals surface area contributed by atoms with Crippen LogP contribution in [0.4, 0.5) is 5.00 Å². The Morgan fingerprint density at radius 3 is 2.57 bits per heavy atom. The summed E-state index contributed by atoms with van der Waals surface area (Å²) in [6, 6.07) is 9.74. The Bertz CT molecular complexity index is 949. The molecule has 0 radical (unpaired) electrons. The first kappa shape index (κ1) is 18.7. The SMILES string of the molecule is NC(=O)CCC1(c2ccccc2)CCc2c(sc(N)c2C(=O)NC2CC2)C1=O. The molecule has 2 aliphatic rings. The predicted octanol–water partition coefficient (Wildman–Crippen LogP) is 2.55. The first-order chi connectivity index (χ1) is 13.4. The smallest absolute Gasteiger partial charge is 0.254 e. The molecule has 2 amide bonds. The van der Waals surface area contributed by atoms with Gasteiger partial charge in [-0.05, 0) is 43.2 Å². The van der Waals surface area contributed by atoms with Crippen LogP contribution < -0.4 is 16.8 Å². The normalized spacial score (nSPS) is 21.2. The van der Waals surface area contributed by atoms with E-state index in [1.54, 1.807) is 0 Å². The summed E-state index contributed by atoms with van der Waals surface area (Å²) in [6.45, 7) is 0. The van der Waals surface area contributed by atoms with Crippen LogP contribution in [0.25, 0.3) is 0 Å². The maximum atomic E-state index is 13.6. The van der Waals surface area contributed by atoms with Crippen molar-refractivity contribution < 1.29 is 14.4 Å². The van der Waals surface area contributed by atoms with E-state index in [4.69, 9.17) is 11.5 Å². The van der Waals surface area contributed by atoms with Crippen LogP contribution in [0.1, 0.15) is 63.3 Å². The standard InChI is InChI=1S/C21H23N3O3S/c22-15(25)9-11-21(12-4-2-1-3-5-12)10-8-14-16(20(27)24-13-6-7-13)19(23)28-17(14)18(21)26/h1-5,13H,6-11,23H2,(H2,22,25)(H,24,27). The third kappa shape index (κ3) is 3.20. The number of benzene rings is 1. The van der Waals surface area contributed by atoms with Crippen LogP contribution in [0.15, 0.2) is 30.3 Å². The third-order valence-electron chi connectivity index (χ3n) is 5.74. The van der Waals surface area contributed by atoms with Crippen molar-refractivity contribution in [3.8, 4) is 0 Å². The number of carbonyl (C=O) groups is 3. The molecule has 5 N–H and O–H groups in total. The molecule has 146 valence electrons. The van der Waals surface area contributed by atoms with Gasteiger partial charge in [0.15, 0.2) is 5.78 Å². The molecular weight excluding hydrogens is 374 g/mol. The number of ketones is 1. The van der Waals surface area contributed by atoms with Gasteiger partial charge in [-0.15, -0.1) is 11.3 Å². The van der Waals surface area contributed by atoms with Crippen molar-refractivity contribution in [2.75, 3.05) is 5.73 Å². The quantitative estimate of drug-likeness (QED) is 0.695. The van der Waals surface area contributed by atoms with Crippen LogP contribution in [-0.2, 0) is 16.6 Å². The molecule has 7 heteroatoms. The van der Waals surface area contributed by atoms with Crippen molar-refractivity contribution in [3.05, 3.63) is 51.9 Å². The second-order valence-corrected chi connectivity index (χ2v) is 8.69. The van der Waals surface area contributed by atoms with Crippen LogP contribution >= 0.6 is 11.3 Å². The van der Waals surface area contributed by atoms with Crippen LogP contribution in [-0.4, -0.2) is 23.6 Å². The van der Waals surface area contributed by atoms with Crippen molar-refractivity contribution in [1.82, 2.24) is 5.32 Å². The molecule has 28 heavy (non-hydrogen) atoms. The molecule has 1 saturated carbocycles. The largest absolute Gasteiger partial charge is 0.390 e. The lowest BCUT2D eigenvalue weighted by atomic mass is 9.66. The van der Waals surface area contributed by atoms with Crippen LogP contribution in [0, 0.1) is 0 Å². The van der Waals surface area contributed by atoms with Gasteiger partial charge < -0.3 is 16.8 Å². The number of rotatable bonds is 6. The van der Waals surface area contributed by atoms with Gasteiger partial charge in [-0.1, -0.05) is 30.3 Å². The molecule has 1 atom stereocenters. The first-order valence-electron chi connectivity index (χ1n) is 9.53. The van der Waals surface area contributed by atoms with E-state index < -0.39 is 11.3 Å². The lowest BCUT2D eigenvalue weighted by Crippen LogP contribution is -2.41. The Morgan fingerprint density at radius 1 is 1.21 bits per heavy atom. The van der Waals surface area contributed by atoms with E-state index in [0.717, 1.165) is 24.0 Å². The van der Waals surface area contributed by atoms with Gasteiger partial charge in [0.05, 0.1) is 20.9 Å². The van der Waals surface area contributed by atoms with Gasteiger partial charge in [-0.25, -0.2) is 0 Å². The van der Waals surface area contributed by atoms with Gasteiger partial charge in [0.1, 0.15) is 0 Å². The topological polar surface area (TPSA) is 115 Å². The fraction of sp³-hybridized carbons (Fsp3) is 0.381. The molecule has 1 unspecified atom stereocenters. The Labute approximate surface area is 167 Å². The number of amides is 2. The lowest BCUT2D eigenvalue weighted by molar-refractivity contribution is -0.118. The fourth-order valence-electron chi connectivity index (χ4n) is 4.06. The van der Waals surface area contributed by atoms with Gasteiger partial charge in [-0.2, -0.15) is 0 Å². The maximum absolute atomic E-state index is 13.6. The van der Waals surface area contributed by atoms with Gasteiger partial charge in [0, 0.05) is 12.5 Å². The zero-order valence-electron chi connectivity index (χ0n) is 15.5. The minimum absolute atomic E-state index is 0.0663. The molecule has 0 spiro atoms. The highest BCUT2D eigenvalue weighted by Gasteiger charge is 2.46. The third-order valence-corrected chi connectivity index (χ3v) is 6.80. The Hall–Kier alpha value is -2.67. The predicted molar refractivity (Wildman–Crippen MR) is 108 cm³/mol. The van der Waals surface area contributed by atoms with Gasteiger partial charge >= 0.3 is 0 Å². The fourth-order valence-corrected chi connectivity index (χ4v) is 5.22. The summed E-state index contributed by atoms with van der Waals surface area (Å²) in [5.41, 5.74) is 12.8. The number of thiophene rings is 1. The Kier molecular flexibility index (Phi) is 4.71. The van der Waals surface area contributed by atoms with E-state index in [2.05, 4.69) is 5.32 Å². The summed E-state index contributed by atoms with van der Waals surface area (Å²) in [7, 11) is 0. The van der Waals surface area contributed by atoms with E-state index in [9.17, 15) is 14.4 Å². The van der Waals surface area contributed by atoms with Crippen molar-refractivity contribution in [3.63, 3.8) is 0 Å². The van der Waals surface area contributed by atoms with Crippen LogP contribution in [0.3, 0.4) is 0 Å². The van der Waals surface area contributed by atoms with E-state index in [1.165, 1.54) is 11.3 Å². The summed E-state index contributed by atoms with van der Waals surface area (Å²) in [5, 5.41) is 3.35. The first-order valence-corrected chi connectivity index (χ1v) is 10.3. The number of nitrogens with two attached hydrogens (primary N) is 2. The van der Waals surface area contributed by atoms with E-state index in [0.29, 0.717) is 34.7 Å². The highest BCUT2D eigenvalue weighted by molar-refractivity contribution is 7.18. The molecule has 1 aromatic carbocycles. The highest BCUT2D eigenvalue weighted by Crippen LogP contribution is 2.47. The zero-order valence-corrected chi connectivity index (χ0v) is 16.3. The minimum Gasteiger partial charge on any atom is -0.390 e. The monoisotopic (exact) mass is 397 g/mol. The zero-order chi connectivity index (χ0) is 19.9. The summed E-state index contributed by atoms with van der Waals surface area (Å²) >= 11 is 1.18. The maximum Gasteiger partial charge on any atom is 0.254 e. The average Bonchev–Trinajstić information content (AvgIpc) is 3.42. The summed E-state index contributed by atoms with van der Waals surface area (Å²) < 4.78 is 0. The van der Waals surface area contributed by atoms with Gasteiger partial charge in [0.25, 0.3) is 5.91 Å². The highest BCUT2D eigenvalue weighted by atomic mass is 32.1. The number of primary amides is 1. The second kappa shape index (κ2) is 7.05. The summed E-state index contributed by atoms with van der Waals surface area (Å²) in [5.74, 6) is -0.679. The number of carbonyl (C=O) groups excluding carboxylic acids is 3. The van der Waals surface area contributed by atoms with Crippen LogP contribution in [0.5, 0.6) is 0 Å². The molecule has 0 aliphatic heterocycles. The average molecular weight is 398 g/mol. The molecule has 4 rings (SSSR count). The minimum atomic E-state index is -0.815. The van der Waals surface area contributed by atoms with E-state index >= 15 is 0 Å².